The Labute approximate surface area is 141 Å². The maximum absolute atomic E-state index is 9.50. The van der Waals surface area contributed by atoms with Crippen molar-refractivity contribution >= 4 is 11.9 Å². The summed E-state index contributed by atoms with van der Waals surface area (Å²) in [6, 6.07) is 12.7. The average Bonchev–Trinajstić information content (AvgIpc) is 2.63. The van der Waals surface area contributed by atoms with Gasteiger partial charge in [-0.2, -0.15) is 5.10 Å². The van der Waals surface area contributed by atoms with Gasteiger partial charge in [-0.15, -0.1) is 0 Å². The zero-order chi connectivity index (χ0) is 16.9. The standard InChI is InChI=1S/C18H21N3O3/c1-24-18-5-3-2-4-15(18)20-8-10-21(11-9-20)19-13-14-6-7-16(22)17(23)12-14/h2-7,12-13,22-23H,8-11H2,1H3/b19-13-. The van der Waals surface area contributed by atoms with Crippen LogP contribution in [0.4, 0.5) is 5.69 Å². The number of rotatable bonds is 4. The molecule has 0 aliphatic carbocycles. The number of ether oxygens (including phenoxy) is 1. The summed E-state index contributed by atoms with van der Waals surface area (Å²) in [4.78, 5) is 2.29. The number of hydrogen-bond donors (Lipinski definition) is 2. The molecule has 3 rings (SSSR count). The molecule has 6 nitrogen and oxygen atoms in total. The van der Waals surface area contributed by atoms with E-state index in [1.165, 1.54) is 12.1 Å². The van der Waals surface area contributed by atoms with Crippen LogP contribution < -0.4 is 9.64 Å². The van der Waals surface area contributed by atoms with E-state index in [0.29, 0.717) is 0 Å². The van der Waals surface area contributed by atoms with Gasteiger partial charge in [0.25, 0.3) is 0 Å². The number of benzene rings is 2. The predicted molar refractivity (Wildman–Crippen MR) is 94.1 cm³/mol. The second-order valence-electron chi connectivity index (χ2n) is 5.61. The summed E-state index contributed by atoms with van der Waals surface area (Å²) in [5.74, 6) is 0.617. The van der Waals surface area contributed by atoms with Gasteiger partial charge < -0.3 is 19.8 Å². The first-order valence-corrected chi connectivity index (χ1v) is 7.86. The van der Waals surface area contributed by atoms with E-state index < -0.39 is 0 Å². The third-order valence-corrected chi connectivity index (χ3v) is 4.05. The van der Waals surface area contributed by atoms with E-state index in [4.69, 9.17) is 4.74 Å². The van der Waals surface area contributed by atoms with Crippen LogP contribution in [-0.4, -0.2) is 54.7 Å². The first-order valence-electron chi connectivity index (χ1n) is 7.86. The summed E-state index contributed by atoms with van der Waals surface area (Å²) in [5, 5.41) is 25.3. The Kier molecular flexibility index (Phi) is 4.74. The van der Waals surface area contributed by atoms with Crippen LogP contribution in [0.15, 0.2) is 47.6 Å². The molecular weight excluding hydrogens is 306 g/mol. The highest BCUT2D eigenvalue weighted by Gasteiger charge is 2.18. The van der Waals surface area contributed by atoms with Crippen molar-refractivity contribution in [2.45, 2.75) is 0 Å². The first kappa shape index (κ1) is 16.0. The summed E-state index contributed by atoms with van der Waals surface area (Å²) in [6.07, 6.45) is 1.69. The molecule has 0 radical (unpaired) electrons. The SMILES string of the molecule is COc1ccccc1N1CCN(/N=C\c2ccc(O)c(O)c2)CC1. The van der Waals surface area contributed by atoms with Gasteiger partial charge in [0, 0.05) is 13.1 Å². The predicted octanol–water partition coefficient (Wildman–Crippen LogP) is 2.26. The zero-order valence-corrected chi connectivity index (χ0v) is 13.6. The fraction of sp³-hybridized carbons (Fsp3) is 0.278. The third-order valence-electron chi connectivity index (χ3n) is 4.05. The molecule has 0 saturated carbocycles. The topological polar surface area (TPSA) is 68.5 Å². The molecule has 0 aromatic heterocycles. The molecule has 24 heavy (non-hydrogen) atoms. The Hall–Kier alpha value is -2.89. The molecule has 2 N–H and O–H groups in total. The van der Waals surface area contributed by atoms with Crippen molar-refractivity contribution < 1.29 is 14.9 Å². The molecule has 126 valence electrons. The minimum absolute atomic E-state index is 0.127. The van der Waals surface area contributed by atoms with Gasteiger partial charge in [-0.05, 0) is 35.9 Å². The molecular formula is C18H21N3O3. The van der Waals surface area contributed by atoms with Gasteiger partial charge in [0.1, 0.15) is 5.75 Å². The molecule has 1 saturated heterocycles. The van der Waals surface area contributed by atoms with Crippen molar-refractivity contribution in [3.63, 3.8) is 0 Å². The number of phenols is 2. The lowest BCUT2D eigenvalue weighted by Gasteiger charge is -2.35. The number of piperazine rings is 1. The zero-order valence-electron chi connectivity index (χ0n) is 13.6. The van der Waals surface area contributed by atoms with Gasteiger partial charge in [0.05, 0.1) is 32.1 Å². The van der Waals surface area contributed by atoms with E-state index in [1.54, 1.807) is 19.4 Å². The van der Waals surface area contributed by atoms with E-state index >= 15 is 0 Å². The summed E-state index contributed by atoms with van der Waals surface area (Å²) in [5.41, 5.74) is 1.85. The summed E-state index contributed by atoms with van der Waals surface area (Å²) < 4.78 is 5.42. The molecule has 0 atom stereocenters. The maximum atomic E-state index is 9.50. The Morgan fingerprint density at radius 1 is 1.00 bits per heavy atom. The molecule has 6 heteroatoms. The van der Waals surface area contributed by atoms with Crippen molar-refractivity contribution in [1.29, 1.82) is 0 Å². The van der Waals surface area contributed by atoms with Crippen molar-refractivity contribution in [2.75, 3.05) is 38.2 Å². The van der Waals surface area contributed by atoms with Crippen LogP contribution in [0.25, 0.3) is 0 Å². The minimum atomic E-state index is -0.139. The molecule has 2 aromatic carbocycles. The number of para-hydroxylation sites is 2. The quantitative estimate of drug-likeness (QED) is 0.666. The highest BCUT2D eigenvalue weighted by molar-refractivity contribution is 5.80. The lowest BCUT2D eigenvalue weighted by molar-refractivity contribution is 0.271. The lowest BCUT2D eigenvalue weighted by Crippen LogP contribution is -2.44. The van der Waals surface area contributed by atoms with Crippen molar-refractivity contribution in [2.24, 2.45) is 5.10 Å². The van der Waals surface area contributed by atoms with E-state index in [9.17, 15) is 10.2 Å². The fourth-order valence-electron chi connectivity index (χ4n) is 2.71. The Morgan fingerprint density at radius 2 is 1.75 bits per heavy atom. The van der Waals surface area contributed by atoms with Crippen LogP contribution in [0.5, 0.6) is 17.2 Å². The lowest BCUT2D eigenvalue weighted by atomic mass is 10.2. The average molecular weight is 327 g/mol. The van der Waals surface area contributed by atoms with Crippen LogP contribution >= 0.6 is 0 Å². The number of phenolic OH excluding ortho intramolecular Hbond substituents is 2. The van der Waals surface area contributed by atoms with Crippen LogP contribution in [-0.2, 0) is 0 Å². The first-order chi connectivity index (χ1) is 11.7. The van der Waals surface area contributed by atoms with E-state index in [2.05, 4.69) is 16.1 Å². The monoisotopic (exact) mass is 327 g/mol. The largest absolute Gasteiger partial charge is 0.504 e. The molecule has 1 heterocycles. The second kappa shape index (κ2) is 7.12. The number of hydrazone groups is 1. The molecule has 1 fully saturated rings. The van der Waals surface area contributed by atoms with Gasteiger partial charge in [0.15, 0.2) is 11.5 Å². The van der Waals surface area contributed by atoms with Gasteiger partial charge in [-0.3, -0.25) is 5.01 Å². The van der Waals surface area contributed by atoms with Gasteiger partial charge >= 0.3 is 0 Å². The summed E-state index contributed by atoms with van der Waals surface area (Å²) in [6.45, 7) is 3.33. The van der Waals surface area contributed by atoms with Crippen molar-refractivity contribution in [1.82, 2.24) is 5.01 Å². The van der Waals surface area contributed by atoms with E-state index in [0.717, 1.165) is 43.2 Å². The summed E-state index contributed by atoms with van der Waals surface area (Å²) >= 11 is 0. The molecule has 0 spiro atoms. The number of nitrogens with zero attached hydrogens (tertiary/aromatic N) is 3. The smallest absolute Gasteiger partial charge is 0.158 e. The van der Waals surface area contributed by atoms with Crippen LogP contribution in [0.2, 0.25) is 0 Å². The molecule has 0 unspecified atom stereocenters. The molecule has 0 amide bonds. The Balaban J connectivity index is 1.60. The van der Waals surface area contributed by atoms with Crippen LogP contribution in [0.3, 0.4) is 0 Å². The fourth-order valence-corrected chi connectivity index (χ4v) is 2.71. The number of aromatic hydroxyl groups is 2. The maximum Gasteiger partial charge on any atom is 0.158 e. The van der Waals surface area contributed by atoms with E-state index in [-0.39, 0.29) is 11.5 Å². The summed E-state index contributed by atoms with van der Waals surface area (Å²) in [7, 11) is 1.69. The van der Waals surface area contributed by atoms with Gasteiger partial charge in [-0.1, -0.05) is 12.1 Å². The Bertz CT molecular complexity index is 725. The van der Waals surface area contributed by atoms with Crippen molar-refractivity contribution in [3.8, 4) is 17.2 Å². The van der Waals surface area contributed by atoms with Gasteiger partial charge in [0.2, 0.25) is 0 Å². The molecule has 2 aromatic rings. The van der Waals surface area contributed by atoms with E-state index in [1.807, 2.05) is 23.2 Å². The van der Waals surface area contributed by atoms with Crippen LogP contribution in [0, 0.1) is 0 Å². The van der Waals surface area contributed by atoms with Crippen LogP contribution in [0.1, 0.15) is 5.56 Å². The number of anilines is 1. The Morgan fingerprint density at radius 3 is 2.46 bits per heavy atom. The molecule has 1 aliphatic heterocycles. The normalized spacial score (nSPS) is 15.0. The number of hydrogen-bond acceptors (Lipinski definition) is 6. The van der Waals surface area contributed by atoms with Crippen molar-refractivity contribution in [3.05, 3.63) is 48.0 Å². The third kappa shape index (κ3) is 3.53. The highest BCUT2D eigenvalue weighted by Crippen LogP contribution is 2.28. The highest BCUT2D eigenvalue weighted by atomic mass is 16.5. The second-order valence-corrected chi connectivity index (χ2v) is 5.61. The minimum Gasteiger partial charge on any atom is -0.504 e. The molecule has 0 bridgehead atoms. The number of methoxy groups -OCH3 is 1. The van der Waals surface area contributed by atoms with Gasteiger partial charge in [-0.25, -0.2) is 0 Å². The molecule has 1 aliphatic rings.